The molecule has 1 N–H and O–H groups in total. The van der Waals surface area contributed by atoms with Gasteiger partial charge in [-0.1, -0.05) is 33.1 Å². The Labute approximate surface area is 124 Å². The highest BCUT2D eigenvalue weighted by atomic mass is 16.3. The van der Waals surface area contributed by atoms with Gasteiger partial charge in [-0.2, -0.15) is 0 Å². The number of rotatable bonds is 0. The van der Waals surface area contributed by atoms with Gasteiger partial charge in [0, 0.05) is 0 Å². The molecular formula is C19H32O. The zero-order valence-corrected chi connectivity index (χ0v) is 13.4. The maximum Gasteiger partial charge on any atom is 0.0581 e. The molecule has 4 fully saturated rings. The fraction of sp³-hybridized carbons (Fsp3) is 1.00. The summed E-state index contributed by atoms with van der Waals surface area (Å²) in [6.07, 6.45) is 13.9. The Morgan fingerprint density at radius 3 is 2.60 bits per heavy atom. The van der Waals surface area contributed by atoms with Crippen molar-refractivity contribution >= 4 is 0 Å². The van der Waals surface area contributed by atoms with Crippen molar-refractivity contribution in [1.82, 2.24) is 0 Å². The Morgan fingerprint density at radius 2 is 1.75 bits per heavy atom. The molecule has 1 heteroatoms. The summed E-state index contributed by atoms with van der Waals surface area (Å²) in [7, 11) is 0. The van der Waals surface area contributed by atoms with Crippen LogP contribution in [-0.4, -0.2) is 11.2 Å². The molecule has 0 saturated heterocycles. The Kier molecular flexibility index (Phi) is 3.05. The molecule has 4 rings (SSSR count). The minimum absolute atomic E-state index is 0.00903. The topological polar surface area (TPSA) is 20.2 Å². The van der Waals surface area contributed by atoms with Crippen molar-refractivity contribution in [3.05, 3.63) is 0 Å². The maximum absolute atomic E-state index is 11.0. The van der Waals surface area contributed by atoms with Crippen molar-refractivity contribution in [3.8, 4) is 0 Å². The number of aliphatic hydroxyl groups is 1. The molecule has 1 nitrogen and oxygen atoms in total. The third kappa shape index (κ3) is 1.71. The lowest BCUT2D eigenvalue weighted by molar-refractivity contribution is -0.162. The highest BCUT2D eigenvalue weighted by molar-refractivity contribution is 5.09. The highest BCUT2D eigenvalue weighted by Gasteiger charge is 2.60. The van der Waals surface area contributed by atoms with Crippen LogP contribution in [0.2, 0.25) is 0 Å². The van der Waals surface area contributed by atoms with E-state index in [0.29, 0.717) is 16.7 Å². The standard InChI is InChI=1S/C19H32O/c1-18-10-5-7-15(18)14-9-8-13-6-3-4-11-19(13,2)17(14)16(20)12-18/h13-17,20H,3-12H2,1-2H3/t13?,14-,15-,16?,17-,18-,19-/m0/s1. The van der Waals surface area contributed by atoms with E-state index in [1.54, 1.807) is 0 Å². The van der Waals surface area contributed by atoms with E-state index >= 15 is 0 Å². The summed E-state index contributed by atoms with van der Waals surface area (Å²) in [6.45, 7) is 5.04. The van der Waals surface area contributed by atoms with Gasteiger partial charge in [0.1, 0.15) is 0 Å². The first-order chi connectivity index (χ1) is 9.55. The number of aliphatic hydroxyl groups excluding tert-OH is 1. The average Bonchev–Trinajstić information content (AvgIpc) is 2.78. The minimum atomic E-state index is -0.00903. The van der Waals surface area contributed by atoms with Crippen LogP contribution in [0.15, 0.2) is 0 Å². The summed E-state index contributed by atoms with van der Waals surface area (Å²) < 4.78 is 0. The summed E-state index contributed by atoms with van der Waals surface area (Å²) >= 11 is 0. The van der Waals surface area contributed by atoms with Crippen LogP contribution in [0.5, 0.6) is 0 Å². The van der Waals surface area contributed by atoms with Gasteiger partial charge in [-0.25, -0.2) is 0 Å². The molecule has 4 aliphatic rings. The van der Waals surface area contributed by atoms with E-state index in [2.05, 4.69) is 13.8 Å². The molecule has 0 amide bonds. The second-order valence-corrected chi connectivity index (χ2v) is 9.14. The zero-order valence-electron chi connectivity index (χ0n) is 13.4. The maximum atomic E-state index is 11.0. The van der Waals surface area contributed by atoms with Crippen LogP contribution in [0, 0.1) is 34.5 Å². The van der Waals surface area contributed by atoms with E-state index in [9.17, 15) is 5.11 Å². The largest absolute Gasteiger partial charge is 0.393 e. The fourth-order valence-corrected chi connectivity index (χ4v) is 7.43. The quantitative estimate of drug-likeness (QED) is 0.675. The first-order valence-electron chi connectivity index (χ1n) is 9.23. The summed E-state index contributed by atoms with van der Waals surface area (Å²) in [4.78, 5) is 0. The number of hydrogen-bond acceptors (Lipinski definition) is 1. The van der Waals surface area contributed by atoms with Gasteiger partial charge in [0.25, 0.3) is 0 Å². The lowest BCUT2D eigenvalue weighted by atomic mass is 9.44. The second kappa shape index (κ2) is 4.48. The number of fused-ring (bicyclic) bond motifs is 5. The molecule has 0 bridgehead atoms. The normalized spacial score (nSPS) is 58.6. The highest BCUT2D eigenvalue weighted by Crippen LogP contribution is 2.66. The van der Waals surface area contributed by atoms with Crippen molar-refractivity contribution in [2.24, 2.45) is 34.5 Å². The molecule has 4 saturated carbocycles. The molecule has 0 radical (unpaired) electrons. The molecule has 7 atom stereocenters. The SMILES string of the molecule is C[C@@]12CCC[C@H]1[C@@H]1CCC3CCCC[C@]3(C)[C@@H]1C(O)C2. The van der Waals surface area contributed by atoms with Crippen LogP contribution < -0.4 is 0 Å². The molecule has 0 aromatic heterocycles. The molecule has 4 aliphatic carbocycles. The minimum Gasteiger partial charge on any atom is -0.393 e. The van der Waals surface area contributed by atoms with Crippen molar-refractivity contribution in [2.45, 2.75) is 84.2 Å². The summed E-state index contributed by atoms with van der Waals surface area (Å²) in [6, 6.07) is 0. The third-order valence-electron chi connectivity index (χ3n) is 8.29. The average molecular weight is 276 g/mol. The smallest absolute Gasteiger partial charge is 0.0581 e. The molecule has 0 heterocycles. The van der Waals surface area contributed by atoms with Crippen molar-refractivity contribution in [2.75, 3.05) is 0 Å². The third-order valence-corrected chi connectivity index (χ3v) is 8.29. The molecule has 0 aromatic carbocycles. The van der Waals surface area contributed by atoms with Crippen LogP contribution in [0.25, 0.3) is 0 Å². The van der Waals surface area contributed by atoms with E-state index < -0.39 is 0 Å². The predicted octanol–water partition coefficient (Wildman–Crippen LogP) is 4.78. The molecule has 2 unspecified atom stereocenters. The number of hydrogen-bond donors (Lipinski definition) is 1. The Morgan fingerprint density at radius 1 is 0.900 bits per heavy atom. The zero-order chi connectivity index (χ0) is 14.0. The molecule has 0 aliphatic heterocycles. The lowest BCUT2D eigenvalue weighted by Gasteiger charge is -2.61. The van der Waals surface area contributed by atoms with E-state index in [-0.39, 0.29) is 6.10 Å². The first-order valence-corrected chi connectivity index (χ1v) is 9.23. The van der Waals surface area contributed by atoms with Gasteiger partial charge in [0.05, 0.1) is 6.10 Å². The van der Waals surface area contributed by atoms with Crippen molar-refractivity contribution < 1.29 is 5.11 Å². The van der Waals surface area contributed by atoms with Gasteiger partial charge in [-0.15, -0.1) is 0 Å². The van der Waals surface area contributed by atoms with Gasteiger partial charge in [0.15, 0.2) is 0 Å². The summed E-state index contributed by atoms with van der Waals surface area (Å²) in [5.74, 6) is 3.30. The molecule has 0 spiro atoms. The van der Waals surface area contributed by atoms with Crippen LogP contribution in [0.1, 0.15) is 78.1 Å². The van der Waals surface area contributed by atoms with Crippen LogP contribution in [0.3, 0.4) is 0 Å². The van der Waals surface area contributed by atoms with Crippen molar-refractivity contribution in [3.63, 3.8) is 0 Å². The van der Waals surface area contributed by atoms with Crippen molar-refractivity contribution in [1.29, 1.82) is 0 Å². The van der Waals surface area contributed by atoms with Crippen LogP contribution >= 0.6 is 0 Å². The first kappa shape index (κ1) is 13.6. The van der Waals surface area contributed by atoms with Gasteiger partial charge < -0.3 is 5.11 Å². The molecule has 114 valence electrons. The Balaban J connectivity index is 1.69. The van der Waals surface area contributed by atoms with E-state index in [0.717, 1.165) is 24.2 Å². The predicted molar refractivity (Wildman–Crippen MR) is 82.4 cm³/mol. The monoisotopic (exact) mass is 276 g/mol. The summed E-state index contributed by atoms with van der Waals surface area (Å²) in [5.41, 5.74) is 0.933. The lowest BCUT2D eigenvalue weighted by Crippen LogP contribution is -2.57. The second-order valence-electron chi connectivity index (χ2n) is 9.14. The Hall–Kier alpha value is -0.0400. The van der Waals surface area contributed by atoms with Gasteiger partial charge in [-0.3, -0.25) is 0 Å². The fourth-order valence-electron chi connectivity index (χ4n) is 7.43. The molecular weight excluding hydrogens is 244 g/mol. The van der Waals surface area contributed by atoms with Gasteiger partial charge in [0.2, 0.25) is 0 Å². The van der Waals surface area contributed by atoms with Gasteiger partial charge in [-0.05, 0) is 79.4 Å². The van der Waals surface area contributed by atoms with Crippen LogP contribution in [0.4, 0.5) is 0 Å². The summed E-state index contributed by atoms with van der Waals surface area (Å²) in [5, 5.41) is 11.0. The van der Waals surface area contributed by atoms with E-state index in [1.807, 2.05) is 0 Å². The van der Waals surface area contributed by atoms with E-state index in [4.69, 9.17) is 0 Å². The van der Waals surface area contributed by atoms with E-state index in [1.165, 1.54) is 57.8 Å². The molecule has 20 heavy (non-hydrogen) atoms. The Bertz CT molecular complexity index is 391. The molecule has 0 aromatic rings. The van der Waals surface area contributed by atoms with Gasteiger partial charge >= 0.3 is 0 Å². The van der Waals surface area contributed by atoms with Crippen LogP contribution in [-0.2, 0) is 0 Å².